The first-order chi connectivity index (χ1) is 4.66. The molecule has 0 heterocycles. The van der Waals surface area contributed by atoms with Gasteiger partial charge in [0.2, 0.25) is 0 Å². The Hall–Kier alpha value is -0.780. The van der Waals surface area contributed by atoms with Crippen molar-refractivity contribution in [3.05, 3.63) is 36.0 Å². The molecule has 0 fully saturated rings. The van der Waals surface area contributed by atoms with Crippen molar-refractivity contribution in [1.82, 2.24) is 0 Å². The van der Waals surface area contributed by atoms with Crippen molar-refractivity contribution in [1.29, 1.82) is 0 Å². The monoisotopic (exact) mass is 136 g/mol. The lowest BCUT2D eigenvalue weighted by atomic mass is 10.2. The van der Waals surface area contributed by atoms with Crippen LogP contribution in [0.1, 0.15) is 27.2 Å². The van der Waals surface area contributed by atoms with Gasteiger partial charge in [0, 0.05) is 0 Å². The quantitative estimate of drug-likeness (QED) is 0.521. The van der Waals surface area contributed by atoms with Crippen LogP contribution in [0.5, 0.6) is 0 Å². The van der Waals surface area contributed by atoms with Crippen molar-refractivity contribution in [3.63, 3.8) is 0 Å². The van der Waals surface area contributed by atoms with E-state index in [1.54, 1.807) is 0 Å². The SMILES string of the molecule is C=C(/C=C\C=C(C)C)CC. The molecule has 0 nitrogen and oxygen atoms in total. The highest BCUT2D eigenvalue weighted by atomic mass is 13.8. The molecular weight excluding hydrogens is 120 g/mol. The van der Waals surface area contributed by atoms with Gasteiger partial charge in [0.1, 0.15) is 0 Å². The summed E-state index contributed by atoms with van der Waals surface area (Å²) in [6.07, 6.45) is 7.21. The molecule has 0 saturated heterocycles. The molecule has 0 aliphatic rings. The number of hydrogen-bond acceptors (Lipinski definition) is 0. The summed E-state index contributed by atoms with van der Waals surface area (Å²) in [5.74, 6) is 0. The van der Waals surface area contributed by atoms with Crippen molar-refractivity contribution in [2.45, 2.75) is 27.2 Å². The first-order valence-electron chi connectivity index (χ1n) is 3.66. The van der Waals surface area contributed by atoms with Crippen molar-refractivity contribution >= 4 is 0 Å². The van der Waals surface area contributed by atoms with Gasteiger partial charge in [0.15, 0.2) is 0 Å². The van der Waals surface area contributed by atoms with E-state index in [9.17, 15) is 0 Å². The fourth-order valence-electron chi connectivity index (χ4n) is 0.494. The van der Waals surface area contributed by atoms with E-state index in [2.05, 4.69) is 33.4 Å². The molecule has 0 aromatic heterocycles. The second-order valence-corrected chi connectivity index (χ2v) is 2.61. The van der Waals surface area contributed by atoms with E-state index < -0.39 is 0 Å². The normalized spacial score (nSPS) is 9.90. The van der Waals surface area contributed by atoms with Crippen molar-refractivity contribution in [3.8, 4) is 0 Å². The Morgan fingerprint density at radius 3 is 2.40 bits per heavy atom. The average Bonchev–Trinajstić information content (AvgIpc) is 1.87. The second-order valence-electron chi connectivity index (χ2n) is 2.61. The Kier molecular flexibility index (Phi) is 4.65. The molecule has 0 spiro atoms. The van der Waals surface area contributed by atoms with Gasteiger partial charge < -0.3 is 0 Å². The summed E-state index contributed by atoms with van der Waals surface area (Å²) in [4.78, 5) is 0. The van der Waals surface area contributed by atoms with E-state index in [-0.39, 0.29) is 0 Å². The van der Waals surface area contributed by atoms with Gasteiger partial charge in [0.25, 0.3) is 0 Å². The second kappa shape index (κ2) is 5.04. The van der Waals surface area contributed by atoms with Crippen LogP contribution in [-0.2, 0) is 0 Å². The fraction of sp³-hybridized carbons (Fsp3) is 0.400. The van der Waals surface area contributed by atoms with E-state index in [1.807, 2.05) is 12.2 Å². The predicted octanol–water partition coefficient (Wildman–Crippen LogP) is 3.48. The predicted molar refractivity (Wildman–Crippen MR) is 48.0 cm³/mol. The first kappa shape index (κ1) is 9.22. The van der Waals surface area contributed by atoms with Crippen LogP contribution in [0.2, 0.25) is 0 Å². The summed E-state index contributed by atoms with van der Waals surface area (Å²) < 4.78 is 0. The van der Waals surface area contributed by atoms with Gasteiger partial charge in [-0.1, -0.05) is 42.9 Å². The lowest BCUT2D eigenvalue weighted by Crippen LogP contribution is -1.67. The van der Waals surface area contributed by atoms with E-state index >= 15 is 0 Å². The van der Waals surface area contributed by atoms with Crippen molar-refractivity contribution in [2.24, 2.45) is 0 Å². The summed E-state index contributed by atoms with van der Waals surface area (Å²) in [7, 11) is 0. The molecule has 0 N–H and O–H groups in total. The molecule has 0 bridgehead atoms. The Labute approximate surface area is 64.0 Å². The van der Waals surface area contributed by atoms with Gasteiger partial charge in [-0.05, 0) is 20.3 Å². The van der Waals surface area contributed by atoms with Gasteiger partial charge in [-0.25, -0.2) is 0 Å². The zero-order valence-electron chi connectivity index (χ0n) is 7.15. The lowest BCUT2D eigenvalue weighted by molar-refractivity contribution is 1.16. The molecular formula is C10H16. The highest BCUT2D eigenvalue weighted by Crippen LogP contribution is 1.98. The summed E-state index contributed by atoms with van der Waals surface area (Å²) in [5.41, 5.74) is 2.50. The molecule has 0 aliphatic carbocycles. The summed E-state index contributed by atoms with van der Waals surface area (Å²) in [5, 5.41) is 0. The molecule has 0 atom stereocenters. The van der Waals surface area contributed by atoms with Gasteiger partial charge in [-0.3, -0.25) is 0 Å². The van der Waals surface area contributed by atoms with Crippen molar-refractivity contribution < 1.29 is 0 Å². The van der Waals surface area contributed by atoms with E-state index in [4.69, 9.17) is 0 Å². The van der Waals surface area contributed by atoms with Crippen LogP contribution in [-0.4, -0.2) is 0 Å². The van der Waals surface area contributed by atoms with Gasteiger partial charge in [-0.2, -0.15) is 0 Å². The molecule has 0 aliphatic heterocycles. The van der Waals surface area contributed by atoms with Crippen LogP contribution in [0.25, 0.3) is 0 Å². The molecule has 10 heavy (non-hydrogen) atoms. The van der Waals surface area contributed by atoms with Gasteiger partial charge >= 0.3 is 0 Å². The third-order valence-corrected chi connectivity index (χ3v) is 1.22. The summed E-state index contributed by atoms with van der Waals surface area (Å²) >= 11 is 0. The number of hydrogen-bond donors (Lipinski definition) is 0. The topological polar surface area (TPSA) is 0 Å². The molecule has 0 rings (SSSR count). The van der Waals surface area contributed by atoms with Gasteiger partial charge in [-0.15, -0.1) is 0 Å². The Balaban J connectivity index is 3.77. The van der Waals surface area contributed by atoms with E-state index in [0.29, 0.717) is 0 Å². The zero-order chi connectivity index (χ0) is 7.98. The Bertz CT molecular complexity index is 155. The molecule has 0 radical (unpaired) electrons. The van der Waals surface area contributed by atoms with Crippen molar-refractivity contribution in [2.75, 3.05) is 0 Å². The molecule has 56 valence electrons. The summed E-state index contributed by atoms with van der Waals surface area (Å²) in [6.45, 7) is 10.1. The minimum atomic E-state index is 1.03. The largest absolute Gasteiger partial charge is 0.0958 e. The third kappa shape index (κ3) is 5.36. The third-order valence-electron chi connectivity index (χ3n) is 1.22. The van der Waals surface area contributed by atoms with Crippen LogP contribution in [0.3, 0.4) is 0 Å². The first-order valence-corrected chi connectivity index (χ1v) is 3.66. The molecule has 0 aromatic carbocycles. The van der Waals surface area contributed by atoms with E-state index in [1.165, 1.54) is 11.1 Å². The van der Waals surface area contributed by atoms with Crippen LogP contribution in [0.15, 0.2) is 36.0 Å². The minimum Gasteiger partial charge on any atom is -0.0958 e. The molecule has 0 amide bonds. The number of rotatable bonds is 3. The van der Waals surface area contributed by atoms with Crippen LogP contribution in [0, 0.1) is 0 Å². The van der Waals surface area contributed by atoms with E-state index in [0.717, 1.165) is 6.42 Å². The fourth-order valence-corrected chi connectivity index (χ4v) is 0.494. The molecule has 0 unspecified atom stereocenters. The van der Waals surface area contributed by atoms with Crippen LogP contribution >= 0.6 is 0 Å². The Morgan fingerprint density at radius 2 is 2.00 bits per heavy atom. The Morgan fingerprint density at radius 1 is 1.40 bits per heavy atom. The van der Waals surface area contributed by atoms with Gasteiger partial charge in [0.05, 0.1) is 0 Å². The molecule has 0 saturated carbocycles. The highest BCUT2D eigenvalue weighted by Gasteiger charge is 1.78. The number of allylic oxidation sites excluding steroid dienone is 5. The highest BCUT2D eigenvalue weighted by molar-refractivity contribution is 5.20. The maximum Gasteiger partial charge on any atom is -0.0313 e. The minimum absolute atomic E-state index is 1.03. The standard InChI is InChI=1S/C10H16/c1-5-10(4)8-6-7-9(2)3/h6-8H,4-5H2,1-3H3/b8-6-. The average molecular weight is 136 g/mol. The van der Waals surface area contributed by atoms with Crippen LogP contribution < -0.4 is 0 Å². The smallest absolute Gasteiger partial charge is 0.0313 e. The maximum absolute atomic E-state index is 3.85. The maximum atomic E-state index is 3.85. The molecule has 0 aromatic rings. The summed E-state index contributed by atoms with van der Waals surface area (Å²) in [6, 6.07) is 0. The lowest BCUT2D eigenvalue weighted by Gasteiger charge is -1.88. The van der Waals surface area contributed by atoms with Crippen LogP contribution in [0.4, 0.5) is 0 Å². The zero-order valence-corrected chi connectivity index (χ0v) is 7.15. The molecule has 0 heteroatoms.